The van der Waals surface area contributed by atoms with E-state index in [2.05, 4.69) is 9.97 Å². The molecule has 138 valence electrons. The van der Waals surface area contributed by atoms with Crippen molar-refractivity contribution in [2.24, 2.45) is 0 Å². The molecule has 5 nitrogen and oxygen atoms in total. The topological polar surface area (TPSA) is 49.3 Å². The molecular formula is C18H19F3N4O. The number of carbonyl (C=O) groups is 1. The molecule has 1 aromatic heterocycles. The van der Waals surface area contributed by atoms with Crippen molar-refractivity contribution in [2.75, 3.05) is 25.5 Å². The van der Waals surface area contributed by atoms with Gasteiger partial charge in [0.15, 0.2) is 0 Å². The Balaban J connectivity index is 1.85. The van der Waals surface area contributed by atoms with Crippen LogP contribution in [0, 0.1) is 6.92 Å². The predicted octanol–water partition coefficient (Wildman–Crippen LogP) is 3.07. The zero-order valence-electron chi connectivity index (χ0n) is 14.8. The number of hydrogen-bond acceptors (Lipinski definition) is 4. The fourth-order valence-electron chi connectivity index (χ4n) is 3.04. The van der Waals surface area contributed by atoms with Gasteiger partial charge in [-0.1, -0.05) is 0 Å². The van der Waals surface area contributed by atoms with Crippen molar-refractivity contribution < 1.29 is 18.0 Å². The molecule has 0 fully saturated rings. The third-order valence-electron chi connectivity index (χ3n) is 4.32. The summed E-state index contributed by atoms with van der Waals surface area (Å²) in [5, 5.41) is 0. The first-order valence-electron chi connectivity index (χ1n) is 8.17. The number of hydrogen-bond donors (Lipinski definition) is 0. The second-order valence-corrected chi connectivity index (χ2v) is 6.47. The van der Waals surface area contributed by atoms with Crippen molar-refractivity contribution in [1.29, 1.82) is 0 Å². The molecule has 0 bridgehead atoms. The van der Waals surface area contributed by atoms with Gasteiger partial charge in [-0.3, -0.25) is 4.79 Å². The molecule has 0 radical (unpaired) electrons. The Labute approximate surface area is 149 Å². The summed E-state index contributed by atoms with van der Waals surface area (Å²) < 4.78 is 38.0. The van der Waals surface area contributed by atoms with Gasteiger partial charge in [0, 0.05) is 38.2 Å². The number of halogens is 3. The van der Waals surface area contributed by atoms with Crippen LogP contribution in [-0.2, 0) is 19.1 Å². The van der Waals surface area contributed by atoms with Crippen LogP contribution in [0.2, 0.25) is 0 Å². The molecule has 1 aliphatic heterocycles. The summed E-state index contributed by atoms with van der Waals surface area (Å²) in [7, 11) is 3.75. The van der Waals surface area contributed by atoms with Gasteiger partial charge in [0.2, 0.25) is 0 Å². The van der Waals surface area contributed by atoms with E-state index < -0.39 is 11.7 Å². The van der Waals surface area contributed by atoms with E-state index in [4.69, 9.17) is 0 Å². The highest BCUT2D eigenvalue weighted by Gasteiger charge is 2.31. The first-order chi connectivity index (χ1) is 12.2. The Morgan fingerprint density at radius 1 is 1.15 bits per heavy atom. The van der Waals surface area contributed by atoms with E-state index in [0.717, 1.165) is 29.2 Å². The number of aryl methyl sites for hydroxylation is 1. The number of rotatable bonds is 2. The van der Waals surface area contributed by atoms with Crippen molar-refractivity contribution in [1.82, 2.24) is 14.9 Å². The van der Waals surface area contributed by atoms with E-state index in [9.17, 15) is 18.0 Å². The Kier molecular flexibility index (Phi) is 4.60. The van der Waals surface area contributed by atoms with Gasteiger partial charge >= 0.3 is 6.18 Å². The quantitative estimate of drug-likeness (QED) is 0.822. The predicted molar refractivity (Wildman–Crippen MR) is 91.0 cm³/mol. The van der Waals surface area contributed by atoms with E-state index >= 15 is 0 Å². The molecule has 2 heterocycles. The maximum atomic E-state index is 12.7. The van der Waals surface area contributed by atoms with E-state index in [0.29, 0.717) is 25.3 Å². The van der Waals surface area contributed by atoms with Gasteiger partial charge < -0.3 is 9.80 Å². The number of aromatic nitrogens is 2. The van der Waals surface area contributed by atoms with Crippen LogP contribution >= 0.6 is 0 Å². The summed E-state index contributed by atoms with van der Waals surface area (Å²) in [5.74, 6) is 1.14. The number of anilines is 1. The third kappa shape index (κ3) is 3.49. The normalized spacial score (nSPS) is 14.2. The molecule has 0 saturated carbocycles. The number of fused-ring (bicyclic) bond motifs is 1. The van der Waals surface area contributed by atoms with E-state index in [1.807, 2.05) is 25.9 Å². The largest absolute Gasteiger partial charge is 0.416 e. The lowest BCUT2D eigenvalue weighted by Crippen LogP contribution is -2.37. The molecule has 3 rings (SSSR count). The van der Waals surface area contributed by atoms with Gasteiger partial charge in [0.1, 0.15) is 11.6 Å². The van der Waals surface area contributed by atoms with Crippen LogP contribution in [0.1, 0.15) is 33.0 Å². The van der Waals surface area contributed by atoms with Gasteiger partial charge in [0.05, 0.1) is 17.8 Å². The zero-order chi connectivity index (χ0) is 19.1. The number of nitrogens with zero attached hydrogens (tertiary/aromatic N) is 4. The van der Waals surface area contributed by atoms with Crippen molar-refractivity contribution in [3.8, 4) is 0 Å². The van der Waals surface area contributed by atoms with Crippen molar-refractivity contribution >= 4 is 11.7 Å². The van der Waals surface area contributed by atoms with Gasteiger partial charge in [-0.25, -0.2) is 9.97 Å². The summed E-state index contributed by atoms with van der Waals surface area (Å²) in [4.78, 5) is 25.1. The SMILES string of the molecule is Cc1nc2c(c(N(C)C)n1)CN(C(=O)c1ccc(C(F)(F)F)cc1)CC2. The van der Waals surface area contributed by atoms with Crippen molar-refractivity contribution in [3.05, 3.63) is 52.5 Å². The molecule has 26 heavy (non-hydrogen) atoms. The van der Waals surface area contributed by atoms with Gasteiger partial charge in [0.25, 0.3) is 5.91 Å². The van der Waals surface area contributed by atoms with Crippen LogP contribution < -0.4 is 4.90 Å². The zero-order valence-corrected chi connectivity index (χ0v) is 14.8. The molecule has 0 unspecified atom stereocenters. The number of alkyl halides is 3. The van der Waals surface area contributed by atoms with Crippen molar-refractivity contribution in [2.45, 2.75) is 26.1 Å². The summed E-state index contributed by atoms with van der Waals surface area (Å²) in [6.45, 7) is 2.63. The molecule has 8 heteroatoms. The Bertz CT molecular complexity index is 832. The molecule has 0 aliphatic carbocycles. The van der Waals surface area contributed by atoms with Crippen molar-refractivity contribution in [3.63, 3.8) is 0 Å². The summed E-state index contributed by atoms with van der Waals surface area (Å²) in [6.07, 6.45) is -3.83. The number of amides is 1. The Hall–Kier alpha value is -2.64. The van der Waals surface area contributed by atoms with E-state index in [1.54, 1.807) is 4.90 Å². The van der Waals surface area contributed by atoms with Crippen LogP contribution in [0.15, 0.2) is 24.3 Å². The average Bonchev–Trinajstić information content (AvgIpc) is 2.59. The minimum absolute atomic E-state index is 0.237. The highest BCUT2D eigenvalue weighted by atomic mass is 19.4. The second-order valence-electron chi connectivity index (χ2n) is 6.47. The molecule has 0 saturated heterocycles. The number of carbonyl (C=O) groups excluding carboxylic acids is 1. The first kappa shape index (κ1) is 18.2. The maximum absolute atomic E-state index is 12.7. The highest BCUT2D eigenvalue weighted by Crippen LogP contribution is 2.30. The smallest absolute Gasteiger partial charge is 0.362 e. The molecule has 0 N–H and O–H groups in total. The van der Waals surface area contributed by atoms with Gasteiger partial charge in [-0.15, -0.1) is 0 Å². The Morgan fingerprint density at radius 3 is 2.38 bits per heavy atom. The molecular weight excluding hydrogens is 345 g/mol. The average molecular weight is 364 g/mol. The molecule has 2 aromatic rings. The minimum atomic E-state index is -4.42. The minimum Gasteiger partial charge on any atom is -0.362 e. The summed E-state index contributed by atoms with van der Waals surface area (Å²) in [5.41, 5.74) is 1.27. The van der Waals surface area contributed by atoms with Crippen LogP contribution in [0.25, 0.3) is 0 Å². The molecule has 1 aromatic carbocycles. The molecule has 0 spiro atoms. The van der Waals surface area contributed by atoms with Crippen LogP contribution in [0.4, 0.5) is 19.0 Å². The summed E-state index contributed by atoms with van der Waals surface area (Å²) in [6, 6.07) is 4.31. The van der Waals surface area contributed by atoms with Gasteiger partial charge in [-0.2, -0.15) is 13.2 Å². The third-order valence-corrected chi connectivity index (χ3v) is 4.32. The number of benzene rings is 1. The standard InChI is InChI=1S/C18H19F3N4O/c1-11-22-15-8-9-25(10-14(15)16(23-11)24(2)3)17(26)12-4-6-13(7-5-12)18(19,20)21/h4-7H,8-10H2,1-3H3. The fourth-order valence-corrected chi connectivity index (χ4v) is 3.04. The lowest BCUT2D eigenvalue weighted by atomic mass is 10.0. The van der Waals surface area contributed by atoms with Crippen LogP contribution in [0.3, 0.4) is 0 Å². The molecule has 1 aliphatic rings. The summed E-state index contributed by atoms with van der Waals surface area (Å²) >= 11 is 0. The maximum Gasteiger partial charge on any atom is 0.416 e. The second kappa shape index (κ2) is 6.59. The molecule has 0 atom stereocenters. The Morgan fingerprint density at radius 2 is 1.81 bits per heavy atom. The van der Waals surface area contributed by atoms with Crippen LogP contribution in [0.5, 0.6) is 0 Å². The van der Waals surface area contributed by atoms with Gasteiger partial charge in [-0.05, 0) is 31.2 Å². The highest BCUT2D eigenvalue weighted by molar-refractivity contribution is 5.94. The lowest BCUT2D eigenvalue weighted by Gasteiger charge is -2.31. The fraction of sp³-hybridized carbons (Fsp3) is 0.389. The lowest BCUT2D eigenvalue weighted by molar-refractivity contribution is -0.137. The first-order valence-corrected chi connectivity index (χ1v) is 8.17. The van der Waals surface area contributed by atoms with E-state index in [-0.39, 0.29) is 11.5 Å². The monoisotopic (exact) mass is 364 g/mol. The van der Waals surface area contributed by atoms with Crippen LogP contribution in [-0.4, -0.2) is 41.4 Å². The van der Waals surface area contributed by atoms with E-state index in [1.165, 1.54) is 12.1 Å². The molecule has 1 amide bonds.